The van der Waals surface area contributed by atoms with Crippen molar-refractivity contribution < 1.29 is 13.2 Å². The number of ether oxygens (including phenoxy) is 1. The van der Waals surface area contributed by atoms with Crippen LogP contribution in [-0.2, 0) is 17.1 Å². The summed E-state index contributed by atoms with van der Waals surface area (Å²) in [6.07, 6.45) is 3.01. The van der Waals surface area contributed by atoms with E-state index in [0.29, 0.717) is 10.2 Å². The third kappa shape index (κ3) is 4.39. The number of nitriles is 1. The maximum Gasteiger partial charge on any atom is 0.263 e. The number of benzene rings is 2. The highest BCUT2D eigenvalue weighted by molar-refractivity contribution is 7.93. The van der Waals surface area contributed by atoms with Gasteiger partial charge in [-0.2, -0.15) is 10.4 Å². The van der Waals surface area contributed by atoms with Gasteiger partial charge in [0, 0.05) is 7.05 Å². The molecule has 0 spiro atoms. The van der Waals surface area contributed by atoms with E-state index in [0.717, 1.165) is 22.5 Å². The van der Waals surface area contributed by atoms with Crippen LogP contribution in [0.25, 0.3) is 11.1 Å². The predicted octanol–water partition coefficient (Wildman–Crippen LogP) is 4.66. The molecule has 0 unspecified atom stereocenters. The Bertz CT molecular complexity index is 1390. The van der Waals surface area contributed by atoms with Gasteiger partial charge < -0.3 is 4.74 Å². The van der Waals surface area contributed by atoms with E-state index in [2.05, 4.69) is 14.8 Å². The second-order valence-electron chi connectivity index (χ2n) is 6.30. The number of sulfonamides is 1. The molecule has 0 saturated heterocycles. The largest absolute Gasteiger partial charge is 0.437 e. The Balaban J connectivity index is 1.66. The lowest BCUT2D eigenvalue weighted by Crippen LogP contribution is -2.13. The SMILES string of the molecule is Cn1ncc(-c2ccccc2)c1Oc1ccc(S(=O)(=O)Nc2ncc(Cl)s2)cc1C#N. The Morgan fingerprint density at radius 3 is 2.65 bits per heavy atom. The summed E-state index contributed by atoms with van der Waals surface area (Å²) in [7, 11) is -2.24. The molecule has 1 N–H and O–H groups in total. The number of nitrogens with zero attached hydrogens (tertiary/aromatic N) is 4. The topological polar surface area (TPSA) is 110 Å². The van der Waals surface area contributed by atoms with Gasteiger partial charge in [0.2, 0.25) is 5.88 Å². The molecular weight excluding hydrogens is 458 g/mol. The minimum absolute atomic E-state index is 0.0558. The maximum absolute atomic E-state index is 12.6. The van der Waals surface area contributed by atoms with E-state index in [1.165, 1.54) is 24.4 Å². The van der Waals surface area contributed by atoms with Crippen LogP contribution in [0.3, 0.4) is 0 Å². The summed E-state index contributed by atoms with van der Waals surface area (Å²) in [5.41, 5.74) is 1.70. The van der Waals surface area contributed by atoms with Gasteiger partial charge >= 0.3 is 0 Å². The summed E-state index contributed by atoms with van der Waals surface area (Å²) >= 11 is 6.79. The summed E-state index contributed by atoms with van der Waals surface area (Å²) in [6, 6.07) is 15.6. The molecule has 0 bridgehead atoms. The summed E-state index contributed by atoms with van der Waals surface area (Å²) in [6.45, 7) is 0. The minimum Gasteiger partial charge on any atom is -0.437 e. The number of halogens is 1. The lowest BCUT2D eigenvalue weighted by molar-refractivity contribution is 0.430. The van der Waals surface area contributed by atoms with Crippen LogP contribution in [0.15, 0.2) is 65.8 Å². The highest BCUT2D eigenvalue weighted by Gasteiger charge is 2.20. The molecule has 4 rings (SSSR count). The van der Waals surface area contributed by atoms with E-state index in [-0.39, 0.29) is 21.3 Å². The van der Waals surface area contributed by atoms with Crippen LogP contribution in [0.1, 0.15) is 5.56 Å². The number of hydrogen-bond acceptors (Lipinski definition) is 7. The van der Waals surface area contributed by atoms with Crippen LogP contribution in [-0.4, -0.2) is 23.2 Å². The van der Waals surface area contributed by atoms with Crippen LogP contribution in [0, 0.1) is 11.3 Å². The summed E-state index contributed by atoms with van der Waals surface area (Å²) < 4.78 is 35.5. The normalized spacial score (nSPS) is 11.1. The Morgan fingerprint density at radius 2 is 1.97 bits per heavy atom. The summed E-state index contributed by atoms with van der Waals surface area (Å²) in [5, 5.41) is 14.0. The van der Waals surface area contributed by atoms with E-state index in [4.69, 9.17) is 16.3 Å². The first-order chi connectivity index (χ1) is 14.9. The lowest BCUT2D eigenvalue weighted by Gasteiger charge is -2.12. The first kappa shape index (κ1) is 20.9. The highest BCUT2D eigenvalue weighted by Crippen LogP contribution is 2.35. The van der Waals surface area contributed by atoms with Crippen LogP contribution in [0.5, 0.6) is 11.6 Å². The number of thiazole rings is 1. The molecule has 0 radical (unpaired) electrons. The van der Waals surface area contributed by atoms with Gasteiger partial charge in [-0.15, -0.1) is 0 Å². The molecule has 4 aromatic rings. The molecule has 0 saturated carbocycles. The molecule has 2 heterocycles. The predicted molar refractivity (Wildman–Crippen MR) is 118 cm³/mol. The van der Waals surface area contributed by atoms with Crippen molar-refractivity contribution in [3.05, 3.63) is 70.8 Å². The van der Waals surface area contributed by atoms with Gasteiger partial charge in [0.25, 0.3) is 10.0 Å². The molecule has 0 fully saturated rings. The molecule has 0 amide bonds. The first-order valence-electron chi connectivity index (χ1n) is 8.81. The van der Waals surface area contributed by atoms with Crippen molar-refractivity contribution in [2.24, 2.45) is 7.05 Å². The van der Waals surface area contributed by atoms with E-state index in [1.807, 2.05) is 36.4 Å². The molecule has 0 aliphatic carbocycles. The van der Waals surface area contributed by atoms with Gasteiger partial charge in [0.1, 0.15) is 16.2 Å². The summed E-state index contributed by atoms with van der Waals surface area (Å²) in [4.78, 5) is 3.78. The molecule has 156 valence electrons. The minimum atomic E-state index is -3.96. The number of anilines is 1. The molecule has 0 aliphatic rings. The van der Waals surface area contributed by atoms with Crippen molar-refractivity contribution in [1.82, 2.24) is 14.8 Å². The second kappa shape index (κ2) is 8.39. The average molecular weight is 472 g/mol. The Morgan fingerprint density at radius 1 is 1.19 bits per heavy atom. The van der Waals surface area contributed by atoms with Crippen LogP contribution >= 0.6 is 22.9 Å². The lowest BCUT2D eigenvalue weighted by atomic mass is 10.1. The average Bonchev–Trinajstić information content (AvgIpc) is 3.33. The van der Waals surface area contributed by atoms with Crippen molar-refractivity contribution in [2.45, 2.75) is 4.90 Å². The molecular formula is C20H14ClN5O3S2. The zero-order chi connectivity index (χ0) is 22.0. The van der Waals surface area contributed by atoms with Gasteiger partial charge in [-0.25, -0.2) is 18.1 Å². The Labute approximate surface area is 187 Å². The monoisotopic (exact) mass is 471 g/mol. The zero-order valence-corrected chi connectivity index (χ0v) is 18.4. The van der Waals surface area contributed by atoms with Gasteiger partial charge in [-0.05, 0) is 23.8 Å². The van der Waals surface area contributed by atoms with E-state index < -0.39 is 10.0 Å². The molecule has 31 heavy (non-hydrogen) atoms. The number of hydrogen-bond donors (Lipinski definition) is 1. The number of aromatic nitrogens is 3. The van der Waals surface area contributed by atoms with E-state index >= 15 is 0 Å². The van der Waals surface area contributed by atoms with E-state index in [9.17, 15) is 13.7 Å². The molecule has 8 nitrogen and oxygen atoms in total. The smallest absolute Gasteiger partial charge is 0.263 e. The number of nitrogens with one attached hydrogen (secondary N) is 1. The fourth-order valence-corrected chi connectivity index (χ4v) is 4.88. The first-order valence-corrected chi connectivity index (χ1v) is 11.5. The van der Waals surface area contributed by atoms with Gasteiger partial charge in [-0.1, -0.05) is 53.3 Å². The van der Waals surface area contributed by atoms with Crippen molar-refractivity contribution in [3.63, 3.8) is 0 Å². The molecule has 2 aromatic carbocycles. The Hall–Kier alpha value is -3.39. The second-order valence-corrected chi connectivity index (χ2v) is 9.64. The number of aryl methyl sites for hydroxylation is 1. The highest BCUT2D eigenvalue weighted by atomic mass is 35.5. The van der Waals surface area contributed by atoms with Crippen molar-refractivity contribution >= 4 is 38.1 Å². The molecule has 2 aromatic heterocycles. The fraction of sp³-hybridized carbons (Fsp3) is 0.0500. The quantitative estimate of drug-likeness (QED) is 0.438. The third-order valence-electron chi connectivity index (χ3n) is 4.26. The van der Waals surface area contributed by atoms with Crippen LogP contribution < -0.4 is 9.46 Å². The van der Waals surface area contributed by atoms with E-state index in [1.54, 1.807) is 17.9 Å². The van der Waals surface area contributed by atoms with Crippen LogP contribution in [0.4, 0.5) is 5.13 Å². The third-order valence-corrected chi connectivity index (χ3v) is 6.75. The molecule has 11 heteroatoms. The van der Waals surface area contributed by atoms with Crippen molar-refractivity contribution in [3.8, 4) is 28.8 Å². The maximum atomic E-state index is 12.6. The van der Waals surface area contributed by atoms with Gasteiger partial charge in [0.15, 0.2) is 5.13 Å². The Kier molecular flexibility index (Phi) is 5.65. The van der Waals surface area contributed by atoms with Crippen LogP contribution in [0.2, 0.25) is 4.34 Å². The fourth-order valence-electron chi connectivity index (χ4n) is 2.80. The van der Waals surface area contributed by atoms with Gasteiger partial charge in [0.05, 0.1) is 28.4 Å². The zero-order valence-electron chi connectivity index (χ0n) is 16.0. The van der Waals surface area contributed by atoms with Gasteiger partial charge in [-0.3, -0.25) is 4.72 Å². The standard InChI is InChI=1S/C20H14ClN5O3S2/c1-26-19(16(11-24-26)13-5-3-2-4-6-13)29-17-8-7-15(9-14(17)10-22)31(27,28)25-20-23-12-18(21)30-20/h2-9,11-12H,1H3,(H,23,25). The summed E-state index contributed by atoms with van der Waals surface area (Å²) in [5.74, 6) is 0.633. The van der Waals surface area contributed by atoms with Crippen molar-refractivity contribution in [2.75, 3.05) is 4.72 Å². The molecule has 0 atom stereocenters. The molecule has 0 aliphatic heterocycles. The number of rotatable bonds is 6. The van der Waals surface area contributed by atoms with Crippen molar-refractivity contribution in [1.29, 1.82) is 5.26 Å².